The highest BCUT2D eigenvalue weighted by atomic mass is 32.2. The summed E-state index contributed by atoms with van der Waals surface area (Å²) in [5.41, 5.74) is 5.75. The lowest BCUT2D eigenvalue weighted by atomic mass is 9.89. The molecule has 45 heavy (non-hydrogen) atoms. The van der Waals surface area contributed by atoms with Gasteiger partial charge >= 0.3 is 12.0 Å². The first-order valence-corrected chi connectivity index (χ1v) is 16.9. The van der Waals surface area contributed by atoms with Crippen molar-refractivity contribution < 1.29 is 37.1 Å². The molecule has 5 N–H and O–H groups in total. The molecule has 0 heterocycles. The Kier molecular flexibility index (Phi) is 16.5. The first-order chi connectivity index (χ1) is 20.9. The van der Waals surface area contributed by atoms with Gasteiger partial charge in [0.1, 0.15) is 6.61 Å². The lowest BCUT2D eigenvalue weighted by Gasteiger charge is -2.24. The van der Waals surface area contributed by atoms with E-state index in [1.54, 1.807) is 58.9 Å². The number of anilines is 1. The van der Waals surface area contributed by atoms with E-state index in [2.05, 4.69) is 22.5 Å². The monoisotopic (exact) mass is 650 g/mol. The van der Waals surface area contributed by atoms with Gasteiger partial charge in [-0.15, -0.1) is 0 Å². The number of Topliss-reactive ketones (excluding diaryl/α,β-unsaturated/α-hetero) is 1. The summed E-state index contributed by atoms with van der Waals surface area (Å²) in [4.78, 5) is 62.4. The number of ether oxygens (including phenoxy) is 1. The van der Waals surface area contributed by atoms with E-state index in [1.807, 2.05) is 0 Å². The maximum absolute atomic E-state index is 13.4. The molecule has 0 aromatic heterocycles. The second kappa shape index (κ2) is 18.9. The molecular formula is C32H50N4O8S. The van der Waals surface area contributed by atoms with Gasteiger partial charge in [-0.3, -0.25) is 19.2 Å². The minimum absolute atomic E-state index is 0.0271. The number of nitrogens with two attached hydrogens (primary N) is 1. The SMILES string of the molecule is C=CS(=O)(=O)CCCCCC(=O)N[C@@H](C(=O)C[C@H](CCCNC(N)=O)C(=O)Nc1ccc(COC(=O)C(C)(C)C)cc1)C(C)C. The van der Waals surface area contributed by atoms with Gasteiger partial charge in [-0.25, -0.2) is 13.2 Å². The van der Waals surface area contributed by atoms with Crippen LogP contribution in [0.3, 0.4) is 0 Å². The van der Waals surface area contributed by atoms with Crippen molar-refractivity contribution in [2.24, 2.45) is 23.0 Å². The predicted molar refractivity (Wildman–Crippen MR) is 173 cm³/mol. The van der Waals surface area contributed by atoms with Gasteiger partial charge in [0, 0.05) is 36.4 Å². The zero-order chi connectivity index (χ0) is 34.2. The number of ketones is 1. The lowest BCUT2D eigenvalue weighted by Crippen LogP contribution is -2.45. The fraction of sp³-hybridized carbons (Fsp3) is 0.594. The van der Waals surface area contributed by atoms with E-state index in [0.29, 0.717) is 31.4 Å². The van der Waals surface area contributed by atoms with Crippen LogP contribution in [0.4, 0.5) is 10.5 Å². The van der Waals surface area contributed by atoms with Crippen molar-refractivity contribution in [3.8, 4) is 0 Å². The molecule has 0 aliphatic heterocycles. The van der Waals surface area contributed by atoms with Crippen molar-refractivity contribution in [3.63, 3.8) is 0 Å². The standard InChI is InChI=1S/C32H50N4O8S/c1-7-45(42,43)19-10-8-9-13-27(38)36-28(22(2)3)26(37)20-24(12-11-18-34-31(33)41)29(39)35-25-16-14-23(15-17-25)21-44-30(40)32(4,5)6/h7,14-17,22,24,28H,1,8-13,18-21H2,2-6H3,(H,35,39)(H,36,38)(H3,33,34,41)/t24-,28+/m0/s1. The normalized spacial score (nSPS) is 12.9. The fourth-order valence-corrected chi connectivity index (χ4v) is 5.04. The van der Waals surface area contributed by atoms with Crippen LogP contribution in [0.25, 0.3) is 0 Å². The van der Waals surface area contributed by atoms with E-state index in [4.69, 9.17) is 10.5 Å². The van der Waals surface area contributed by atoms with Crippen LogP contribution in [-0.4, -0.2) is 56.4 Å². The molecule has 1 rings (SSSR count). The van der Waals surface area contributed by atoms with E-state index in [-0.39, 0.29) is 61.7 Å². The number of primary amides is 1. The number of unbranched alkanes of at least 4 members (excludes halogenated alkanes) is 2. The number of hydrogen-bond acceptors (Lipinski definition) is 8. The Morgan fingerprint density at radius 3 is 2.20 bits per heavy atom. The minimum atomic E-state index is -3.28. The van der Waals surface area contributed by atoms with Crippen molar-refractivity contribution >= 4 is 45.1 Å². The molecule has 1 aromatic carbocycles. The van der Waals surface area contributed by atoms with E-state index in [9.17, 15) is 32.4 Å². The smallest absolute Gasteiger partial charge is 0.312 e. The molecule has 13 heteroatoms. The average molecular weight is 651 g/mol. The van der Waals surface area contributed by atoms with Crippen LogP contribution >= 0.6 is 0 Å². The molecule has 0 aliphatic carbocycles. The Bertz CT molecular complexity index is 1270. The number of benzene rings is 1. The molecule has 0 saturated carbocycles. The van der Waals surface area contributed by atoms with E-state index in [1.165, 1.54) is 0 Å². The van der Waals surface area contributed by atoms with Gasteiger partial charge in [-0.2, -0.15) is 0 Å². The average Bonchev–Trinajstić information content (AvgIpc) is 2.95. The molecule has 1 aromatic rings. The summed E-state index contributed by atoms with van der Waals surface area (Å²) in [5, 5.41) is 9.01. The molecule has 12 nitrogen and oxygen atoms in total. The van der Waals surface area contributed by atoms with Crippen LogP contribution in [0.1, 0.15) is 85.1 Å². The quantitative estimate of drug-likeness (QED) is 0.120. The number of esters is 1. The number of sulfone groups is 1. The summed E-state index contributed by atoms with van der Waals surface area (Å²) in [6.07, 6.45) is 2.09. The van der Waals surface area contributed by atoms with Crippen LogP contribution in [0.5, 0.6) is 0 Å². The molecule has 0 fully saturated rings. The van der Waals surface area contributed by atoms with Crippen LogP contribution in [0.15, 0.2) is 36.3 Å². The van der Waals surface area contributed by atoms with E-state index >= 15 is 0 Å². The highest BCUT2D eigenvalue weighted by Crippen LogP contribution is 2.21. The van der Waals surface area contributed by atoms with Crippen LogP contribution in [0, 0.1) is 17.3 Å². The van der Waals surface area contributed by atoms with Gasteiger partial charge in [0.2, 0.25) is 11.8 Å². The Hall–Kier alpha value is -3.74. The Morgan fingerprint density at radius 2 is 1.64 bits per heavy atom. The predicted octanol–water partition coefficient (Wildman–Crippen LogP) is 4.00. The Morgan fingerprint density at radius 1 is 1.00 bits per heavy atom. The molecule has 0 unspecified atom stereocenters. The van der Waals surface area contributed by atoms with Crippen molar-refractivity contribution in [3.05, 3.63) is 41.8 Å². The zero-order valence-electron chi connectivity index (χ0n) is 27.1. The number of rotatable bonds is 20. The maximum Gasteiger partial charge on any atom is 0.312 e. The number of amides is 4. The van der Waals surface area contributed by atoms with Crippen LogP contribution in [0.2, 0.25) is 0 Å². The molecule has 252 valence electrons. The third kappa shape index (κ3) is 16.2. The second-order valence-electron chi connectivity index (χ2n) is 12.4. The molecule has 0 radical (unpaired) electrons. The molecule has 0 bridgehead atoms. The van der Waals surface area contributed by atoms with Crippen molar-refractivity contribution in [1.29, 1.82) is 0 Å². The minimum Gasteiger partial charge on any atom is -0.460 e. The summed E-state index contributed by atoms with van der Waals surface area (Å²) in [6.45, 7) is 12.5. The van der Waals surface area contributed by atoms with E-state index in [0.717, 1.165) is 11.0 Å². The fourth-order valence-electron chi connectivity index (χ4n) is 4.26. The molecule has 0 spiro atoms. The third-order valence-electron chi connectivity index (χ3n) is 6.97. The van der Waals surface area contributed by atoms with Gasteiger partial charge in [0.05, 0.1) is 17.2 Å². The number of nitrogens with one attached hydrogen (secondary N) is 3. The summed E-state index contributed by atoms with van der Waals surface area (Å²) >= 11 is 0. The molecule has 2 atom stereocenters. The van der Waals surface area contributed by atoms with Gasteiger partial charge in [-0.05, 0) is 70.1 Å². The lowest BCUT2D eigenvalue weighted by molar-refractivity contribution is -0.154. The summed E-state index contributed by atoms with van der Waals surface area (Å²) in [7, 11) is -3.28. The van der Waals surface area contributed by atoms with Crippen molar-refractivity contribution in [2.45, 2.75) is 92.2 Å². The number of hydrogen-bond donors (Lipinski definition) is 4. The van der Waals surface area contributed by atoms with E-state index < -0.39 is 39.2 Å². The van der Waals surface area contributed by atoms with Crippen LogP contribution in [-0.2, 0) is 40.4 Å². The highest BCUT2D eigenvalue weighted by Gasteiger charge is 2.29. The number of urea groups is 1. The van der Waals surface area contributed by atoms with Crippen molar-refractivity contribution in [2.75, 3.05) is 17.6 Å². The molecule has 0 saturated heterocycles. The largest absolute Gasteiger partial charge is 0.460 e. The Labute approximate surface area is 267 Å². The second-order valence-corrected chi connectivity index (χ2v) is 14.5. The third-order valence-corrected chi connectivity index (χ3v) is 8.33. The molecule has 4 amide bonds. The summed E-state index contributed by atoms with van der Waals surface area (Å²) in [5.74, 6) is -2.35. The van der Waals surface area contributed by atoms with Crippen molar-refractivity contribution in [1.82, 2.24) is 10.6 Å². The topological polar surface area (TPSA) is 191 Å². The Balaban J connectivity index is 2.85. The van der Waals surface area contributed by atoms with Gasteiger partial charge in [-0.1, -0.05) is 39.0 Å². The first-order valence-electron chi connectivity index (χ1n) is 15.2. The van der Waals surface area contributed by atoms with Gasteiger partial charge in [0.25, 0.3) is 0 Å². The number of carbonyl (C=O) groups excluding carboxylic acids is 5. The summed E-state index contributed by atoms with van der Waals surface area (Å²) in [6, 6.07) is 5.31. The zero-order valence-corrected chi connectivity index (χ0v) is 28.0. The van der Waals surface area contributed by atoms with Gasteiger partial charge < -0.3 is 26.4 Å². The summed E-state index contributed by atoms with van der Waals surface area (Å²) < 4.78 is 28.4. The maximum atomic E-state index is 13.4. The molecule has 0 aliphatic rings. The molecular weight excluding hydrogens is 600 g/mol. The highest BCUT2D eigenvalue weighted by molar-refractivity contribution is 7.94. The van der Waals surface area contributed by atoms with Gasteiger partial charge in [0.15, 0.2) is 15.6 Å². The number of carbonyl (C=O) groups is 5. The van der Waals surface area contributed by atoms with Crippen LogP contribution < -0.4 is 21.7 Å². The first kappa shape index (κ1) is 39.3.